The van der Waals surface area contributed by atoms with Crippen LogP contribution in [-0.2, 0) is 11.0 Å². The Morgan fingerprint density at radius 2 is 1.84 bits per heavy atom. The molecule has 0 unspecified atom stereocenters. The summed E-state index contributed by atoms with van der Waals surface area (Å²) in [5.74, 6) is -0.805. The molecule has 1 atom stereocenters. The van der Waals surface area contributed by atoms with Gasteiger partial charge in [-0.05, 0) is 48.7 Å². The maximum atomic E-state index is 13.3. The number of hydrogen-bond donors (Lipinski definition) is 1. The van der Waals surface area contributed by atoms with Gasteiger partial charge in [0.05, 0.1) is 23.1 Å². The zero-order chi connectivity index (χ0) is 22.3. The number of nitrogens with two attached hydrogens (primary N) is 1. The molecule has 1 aliphatic carbocycles. The third-order valence-electron chi connectivity index (χ3n) is 5.55. The Labute approximate surface area is 182 Å². The summed E-state index contributed by atoms with van der Waals surface area (Å²) in [7, 11) is 0. The zero-order valence-corrected chi connectivity index (χ0v) is 17.0. The predicted octanol–water partition coefficient (Wildman–Crippen LogP) is 5.66. The number of nitriles is 1. The molecule has 1 aliphatic heterocycles. The van der Waals surface area contributed by atoms with Crippen LogP contribution in [0.25, 0.3) is 0 Å². The van der Waals surface area contributed by atoms with Crippen molar-refractivity contribution in [3.8, 4) is 6.07 Å². The summed E-state index contributed by atoms with van der Waals surface area (Å²) in [6.07, 6.45) is -3.22. The minimum Gasteiger partial charge on any atom is -0.384 e. The van der Waals surface area contributed by atoms with E-state index in [1.165, 1.54) is 17.0 Å². The largest absolute Gasteiger partial charge is 0.416 e. The molecule has 0 aromatic heterocycles. The Morgan fingerprint density at radius 3 is 2.48 bits per heavy atom. The van der Waals surface area contributed by atoms with Crippen LogP contribution in [0.3, 0.4) is 0 Å². The third kappa shape index (κ3) is 3.68. The molecule has 0 bridgehead atoms. The van der Waals surface area contributed by atoms with Crippen LogP contribution in [0.15, 0.2) is 71.2 Å². The molecule has 8 heteroatoms. The Morgan fingerprint density at radius 1 is 1.13 bits per heavy atom. The second kappa shape index (κ2) is 7.78. The van der Waals surface area contributed by atoms with Gasteiger partial charge in [0.15, 0.2) is 5.78 Å². The first-order chi connectivity index (χ1) is 14.7. The number of benzene rings is 2. The Balaban J connectivity index is 1.94. The van der Waals surface area contributed by atoms with Crippen molar-refractivity contribution in [1.29, 1.82) is 5.26 Å². The summed E-state index contributed by atoms with van der Waals surface area (Å²) in [5.41, 5.74) is 7.43. The highest BCUT2D eigenvalue weighted by molar-refractivity contribution is 6.30. The molecule has 4 rings (SSSR count). The highest BCUT2D eigenvalue weighted by Crippen LogP contribution is 2.46. The quantitative estimate of drug-likeness (QED) is 0.649. The fraction of sp³-hybridized carbons (Fsp3) is 0.217. The number of Topliss-reactive ketones (excluding diaryl/α,β-unsaturated/α-hetero) is 1. The maximum Gasteiger partial charge on any atom is 0.416 e. The fourth-order valence-electron chi connectivity index (χ4n) is 4.19. The van der Waals surface area contributed by atoms with Gasteiger partial charge in [0, 0.05) is 28.4 Å². The average molecular weight is 444 g/mol. The topological polar surface area (TPSA) is 70.1 Å². The van der Waals surface area contributed by atoms with Crippen LogP contribution in [0.1, 0.15) is 36.3 Å². The van der Waals surface area contributed by atoms with Crippen LogP contribution >= 0.6 is 11.6 Å². The summed E-state index contributed by atoms with van der Waals surface area (Å²) in [6, 6.07) is 13.6. The number of allylic oxidation sites excluding steroid dienone is 3. The summed E-state index contributed by atoms with van der Waals surface area (Å²) in [6.45, 7) is 0. The normalized spacial score (nSPS) is 19.4. The summed E-state index contributed by atoms with van der Waals surface area (Å²) in [4.78, 5) is 14.4. The van der Waals surface area contributed by atoms with Crippen molar-refractivity contribution >= 4 is 23.1 Å². The molecule has 2 aromatic carbocycles. The van der Waals surface area contributed by atoms with Crippen LogP contribution in [-0.4, -0.2) is 5.78 Å². The number of ketones is 1. The molecule has 0 saturated heterocycles. The van der Waals surface area contributed by atoms with Crippen molar-refractivity contribution in [1.82, 2.24) is 0 Å². The van der Waals surface area contributed by atoms with Gasteiger partial charge in [0.1, 0.15) is 5.82 Å². The van der Waals surface area contributed by atoms with Crippen molar-refractivity contribution in [3.63, 3.8) is 0 Å². The van der Waals surface area contributed by atoms with Crippen LogP contribution in [0.5, 0.6) is 0 Å². The molecule has 2 aromatic rings. The Hall–Kier alpha value is -3.24. The zero-order valence-electron chi connectivity index (χ0n) is 16.2. The predicted molar refractivity (Wildman–Crippen MR) is 111 cm³/mol. The van der Waals surface area contributed by atoms with Gasteiger partial charge in [0.2, 0.25) is 0 Å². The smallest absolute Gasteiger partial charge is 0.384 e. The molecule has 0 spiro atoms. The van der Waals surface area contributed by atoms with E-state index in [0.29, 0.717) is 41.1 Å². The molecule has 31 heavy (non-hydrogen) atoms. The summed E-state index contributed by atoms with van der Waals surface area (Å²) in [5, 5.41) is 10.4. The van der Waals surface area contributed by atoms with E-state index >= 15 is 0 Å². The van der Waals surface area contributed by atoms with Gasteiger partial charge >= 0.3 is 6.18 Å². The SMILES string of the molecule is N#CC1=C(N)N(c2cccc(C(F)(F)F)c2)C2=C(C(=O)CCC2)[C@@H]1c1ccc(Cl)cc1. The number of anilines is 1. The molecule has 0 amide bonds. The van der Waals surface area contributed by atoms with E-state index in [0.717, 1.165) is 12.1 Å². The van der Waals surface area contributed by atoms with Crippen LogP contribution in [0.2, 0.25) is 5.02 Å². The van der Waals surface area contributed by atoms with E-state index < -0.39 is 17.7 Å². The highest BCUT2D eigenvalue weighted by Gasteiger charge is 2.41. The first-order valence-electron chi connectivity index (χ1n) is 9.61. The van der Waals surface area contributed by atoms with Crippen molar-refractivity contribution in [3.05, 3.63) is 87.3 Å². The van der Waals surface area contributed by atoms with E-state index in [1.807, 2.05) is 0 Å². The molecule has 0 radical (unpaired) electrons. The van der Waals surface area contributed by atoms with Gasteiger partial charge in [-0.3, -0.25) is 9.69 Å². The van der Waals surface area contributed by atoms with Gasteiger partial charge in [-0.25, -0.2) is 0 Å². The molecule has 2 aliphatic rings. The number of rotatable bonds is 2. The van der Waals surface area contributed by atoms with E-state index in [-0.39, 0.29) is 22.9 Å². The first kappa shape index (κ1) is 21.0. The molecule has 158 valence electrons. The lowest BCUT2D eigenvalue weighted by molar-refractivity contribution is -0.137. The second-order valence-corrected chi connectivity index (χ2v) is 7.85. The van der Waals surface area contributed by atoms with Crippen molar-refractivity contribution < 1.29 is 18.0 Å². The highest BCUT2D eigenvalue weighted by atomic mass is 35.5. The average Bonchev–Trinajstić information content (AvgIpc) is 2.73. The fourth-order valence-corrected chi connectivity index (χ4v) is 4.32. The second-order valence-electron chi connectivity index (χ2n) is 7.42. The minimum absolute atomic E-state index is 0.0234. The monoisotopic (exact) mass is 443 g/mol. The first-order valence-corrected chi connectivity index (χ1v) is 9.99. The van der Waals surface area contributed by atoms with E-state index in [2.05, 4.69) is 6.07 Å². The van der Waals surface area contributed by atoms with Gasteiger partial charge in [-0.1, -0.05) is 29.8 Å². The standard InChI is InChI=1S/C23H17ClF3N3O/c24-15-9-7-13(8-10-15)20-17(12-28)22(29)30(18-5-2-6-19(31)21(18)20)16-4-1-3-14(11-16)23(25,26)27/h1,3-4,7-11,20H,2,5-6,29H2/t20-/m1/s1. The lowest BCUT2D eigenvalue weighted by Gasteiger charge is -2.39. The molecule has 2 N–H and O–H groups in total. The number of halogens is 4. The van der Waals surface area contributed by atoms with Crippen molar-refractivity contribution in [2.75, 3.05) is 4.90 Å². The Kier molecular flexibility index (Phi) is 5.28. The number of nitrogens with zero attached hydrogens (tertiary/aromatic N) is 2. The maximum absolute atomic E-state index is 13.3. The van der Waals surface area contributed by atoms with E-state index in [9.17, 15) is 23.2 Å². The van der Waals surface area contributed by atoms with Crippen LogP contribution in [0, 0.1) is 11.3 Å². The molecule has 1 heterocycles. The van der Waals surface area contributed by atoms with Crippen LogP contribution < -0.4 is 10.6 Å². The van der Waals surface area contributed by atoms with Crippen LogP contribution in [0.4, 0.5) is 18.9 Å². The summed E-state index contributed by atoms with van der Waals surface area (Å²) >= 11 is 5.99. The van der Waals surface area contributed by atoms with Gasteiger partial charge in [-0.15, -0.1) is 0 Å². The molecule has 0 saturated carbocycles. The lowest BCUT2D eigenvalue weighted by Crippen LogP contribution is -2.38. The van der Waals surface area contributed by atoms with Crippen molar-refractivity contribution in [2.24, 2.45) is 5.73 Å². The lowest BCUT2D eigenvalue weighted by atomic mass is 9.75. The molecule has 0 fully saturated rings. The molecular formula is C23H17ClF3N3O. The number of alkyl halides is 3. The minimum atomic E-state index is -4.53. The number of carbonyl (C=O) groups excluding carboxylic acids is 1. The molecular weight excluding hydrogens is 427 g/mol. The van der Waals surface area contributed by atoms with Gasteiger partial charge in [0.25, 0.3) is 0 Å². The number of hydrogen-bond acceptors (Lipinski definition) is 4. The third-order valence-corrected chi connectivity index (χ3v) is 5.80. The number of carbonyl (C=O) groups is 1. The van der Waals surface area contributed by atoms with E-state index in [4.69, 9.17) is 17.3 Å². The molecule has 4 nitrogen and oxygen atoms in total. The van der Waals surface area contributed by atoms with E-state index in [1.54, 1.807) is 24.3 Å². The van der Waals surface area contributed by atoms with Crippen molar-refractivity contribution in [2.45, 2.75) is 31.4 Å². The van der Waals surface area contributed by atoms with Gasteiger partial charge in [-0.2, -0.15) is 18.4 Å². The summed E-state index contributed by atoms with van der Waals surface area (Å²) < 4.78 is 39.9. The Bertz CT molecular complexity index is 1160. The van der Waals surface area contributed by atoms with Gasteiger partial charge < -0.3 is 5.73 Å².